The fraction of sp³-hybridized carbons (Fsp3) is 0.433. The third-order valence-corrected chi connectivity index (χ3v) is 8.27. The summed E-state index contributed by atoms with van der Waals surface area (Å²) < 4.78 is 42.0. The lowest BCUT2D eigenvalue weighted by molar-refractivity contribution is -0.0571. The highest BCUT2D eigenvalue weighted by Crippen LogP contribution is 2.32. The van der Waals surface area contributed by atoms with E-state index in [4.69, 9.17) is 0 Å². The van der Waals surface area contributed by atoms with Gasteiger partial charge < -0.3 is 14.7 Å². The van der Waals surface area contributed by atoms with E-state index in [0.29, 0.717) is 61.1 Å². The molecule has 42 heavy (non-hydrogen) atoms. The van der Waals surface area contributed by atoms with E-state index in [1.807, 2.05) is 34.9 Å². The smallest absolute Gasteiger partial charge is 0.335 e. The van der Waals surface area contributed by atoms with Gasteiger partial charge in [0, 0.05) is 69.2 Å². The van der Waals surface area contributed by atoms with Crippen LogP contribution in [0.4, 0.5) is 18.0 Å². The van der Waals surface area contributed by atoms with Gasteiger partial charge in [0.05, 0.1) is 24.1 Å². The Labute approximate surface area is 241 Å². The van der Waals surface area contributed by atoms with E-state index >= 15 is 0 Å². The Kier molecular flexibility index (Phi) is 7.24. The van der Waals surface area contributed by atoms with Crippen molar-refractivity contribution in [3.63, 3.8) is 0 Å². The maximum absolute atomic E-state index is 13.5. The monoisotopic (exact) mass is 579 g/mol. The number of rotatable bonds is 4. The van der Waals surface area contributed by atoms with Crippen molar-refractivity contribution in [3.8, 4) is 0 Å². The van der Waals surface area contributed by atoms with E-state index in [0.717, 1.165) is 30.6 Å². The van der Waals surface area contributed by atoms with Crippen LogP contribution >= 0.6 is 0 Å². The first kappa shape index (κ1) is 27.9. The SMILES string of the molecule is Cc1cc(Cc2nccn3c(C4=CCN=C4C(F)(F)F)cnc23)ccc1C(=O)N1CCN(C(=O)N2CC[C@@H](C)C2)CC1. The summed E-state index contributed by atoms with van der Waals surface area (Å²) in [6, 6.07) is 5.68. The summed E-state index contributed by atoms with van der Waals surface area (Å²) in [6.45, 7) is 7.61. The number of amides is 3. The van der Waals surface area contributed by atoms with Crippen molar-refractivity contribution in [2.24, 2.45) is 10.9 Å². The number of imidazole rings is 1. The number of aliphatic imine (C=N–C) groups is 1. The summed E-state index contributed by atoms with van der Waals surface area (Å²) in [4.78, 5) is 44.2. The third-order valence-electron chi connectivity index (χ3n) is 8.27. The molecule has 0 spiro atoms. The van der Waals surface area contributed by atoms with Gasteiger partial charge in [-0.05, 0) is 36.5 Å². The van der Waals surface area contributed by atoms with Crippen LogP contribution in [0.25, 0.3) is 11.2 Å². The minimum atomic E-state index is -4.55. The minimum Gasteiger partial charge on any atom is -0.335 e. The number of urea groups is 1. The number of hydrogen-bond donors (Lipinski definition) is 0. The van der Waals surface area contributed by atoms with E-state index in [9.17, 15) is 22.8 Å². The zero-order valence-corrected chi connectivity index (χ0v) is 23.6. The average molecular weight is 580 g/mol. The Balaban J connectivity index is 1.13. The van der Waals surface area contributed by atoms with E-state index in [2.05, 4.69) is 21.9 Å². The molecule has 2 aromatic heterocycles. The maximum atomic E-state index is 13.5. The van der Waals surface area contributed by atoms with Crippen LogP contribution in [0.1, 0.15) is 46.2 Å². The molecule has 220 valence electrons. The van der Waals surface area contributed by atoms with Crippen LogP contribution in [0.15, 0.2) is 47.9 Å². The Hall–Kier alpha value is -4.22. The van der Waals surface area contributed by atoms with Crippen molar-refractivity contribution < 1.29 is 22.8 Å². The van der Waals surface area contributed by atoms with Gasteiger partial charge in [0.2, 0.25) is 0 Å². The predicted molar refractivity (Wildman–Crippen MR) is 152 cm³/mol. The first-order chi connectivity index (χ1) is 20.1. The van der Waals surface area contributed by atoms with Gasteiger partial charge in [0.15, 0.2) is 5.65 Å². The first-order valence-electron chi connectivity index (χ1n) is 14.2. The molecule has 0 unspecified atom stereocenters. The molecule has 9 nitrogen and oxygen atoms in total. The molecule has 3 amide bonds. The van der Waals surface area contributed by atoms with Crippen LogP contribution in [0.3, 0.4) is 0 Å². The van der Waals surface area contributed by atoms with Crippen molar-refractivity contribution in [3.05, 3.63) is 70.9 Å². The Morgan fingerprint density at radius 2 is 1.79 bits per heavy atom. The predicted octanol–water partition coefficient (Wildman–Crippen LogP) is 4.25. The van der Waals surface area contributed by atoms with Crippen LogP contribution in [-0.2, 0) is 6.42 Å². The zero-order chi connectivity index (χ0) is 29.6. The number of aromatic nitrogens is 3. The standard InChI is InChI=1S/C30H32F3N7O2/c1-19-6-9-39(18-19)29(42)38-13-11-37(12-14-38)28(41)22-4-3-21(15-20(22)2)16-24-27-36-17-25(40(27)10-8-34-24)23-5-7-35-26(23)30(31,32)33/h3-5,8,10,15,17,19H,6-7,9,11-14,16,18H2,1-2H3/t19-/m1/s1. The van der Waals surface area contributed by atoms with Crippen LogP contribution in [0, 0.1) is 12.8 Å². The lowest BCUT2D eigenvalue weighted by Gasteiger charge is -2.37. The van der Waals surface area contributed by atoms with Gasteiger partial charge in [-0.3, -0.25) is 19.2 Å². The molecule has 12 heteroatoms. The molecule has 2 saturated heterocycles. The van der Waals surface area contributed by atoms with Crippen LogP contribution < -0.4 is 0 Å². The second-order valence-corrected chi connectivity index (χ2v) is 11.2. The highest BCUT2D eigenvalue weighted by atomic mass is 19.4. The summed E-state index contributed by atoms with van der Waals surface area (Å²) >= 11 is 0. The number of halogens is 3. The van der Waals surface area contributed by atoms with Crippen LogP contribution in [0.5, 0.6) is 0 Å². The van der Waals surface area contributed by atoms with Gasteiger partial charge in [-0.1, -0.05) is 25.1 Å². The summed E-state index contributed by atoms with van der Waals surface area (Å²) in [7, 11) is 0. The number of likely N-dealkylation sites (tertiary alicyclic amines) is 1. The number of nitrogens with zero attached hydrogens (tertiary/aromatic N) is 7. The normalized spacial score (nSPS) is 19.5. The first-order valence-corrected chi connectivity index (χ1v) is 14.2. The second kappa shape index (κ2) is 10.9. The number of alkyl halides is 3. The van der Waals surface area contributed by atoms with Gasteiger partial charge in [-0.15, -0.1) is 0 Å². The number of hydrogen-bond acceptors (Lipinski definition) is 5. The van der Waals surface area contributed by atoms with E-state index in [1.54, 1.807) is 21.7 Å². The molecule has 3 aliphatic heterocycles. The minimum absolute atomic E-state index is 0.0155. The molecule has 0 aliphatic carbocycles. The number of aryl methyl sites for hydroxylation is 1. The number of allylic oxidation sites excluding steroid dienone is 1. The molecule has 5 heterocycles. The molecule has 0 N–H and O–H groups in total. The molecule has 3 aromatic rings. The van der Waals surface area contributed by atoms with Gasteiger partial charge in [0.1, 0.15) is 5.71 Å². The number of carbonyl (C=O) groups excluding carboxylic acids is 2. The van der Waals surface area contributed by atoms with Crippen molar-refractivity contribution in [1.29, 1.82) is 0 Å². The fourth-order valence-corrected chi connectivity index (χ4v) is 6.02. The number of carbonyl (C=O) groups is 2. The Morgan fingerprint density at radius 1 is 1.02 bits per heavy atom. The molecule has 6 rings (SSSR count). The topological polar surface area (TPSA) is 86.4 Å². The molecule has 3 aliphatic rings. The van der Waals surface area contributed by atoms with E-state index < -0.39 is 11.9 Å². The second-order valence-electron chi connectivity index (χ2n) is 11.2. The van der Waals surface area contributed by atoms with Crippen molar-refractivity contribution in [1.82, 2.24) is 29.1 Å². The van der Waals surface area contributed by atoms with Crippen molar-refractivity contribution in [2.45, 2.75) is 32.9 Å². The highest BCUT2D eigenvalue weighted by molar-refractivity contribution is 6.27. The number of piperazine rings is 1. The van der Waals surface area contributed by atoms with Gasteiger partial charge in [-0.25, -0.2) is 9.78 Å². The number of benzene rings is 1. The van der Waals surface area contributed by atoms with Gasteiger partial charge >= 0.3 is 12.2 Å². The van der Waals surface area contributed by atoms with Crippen LogP contribution in [0.2, 0.25) is 0 Å². The van der Waals surface area contributed by atoms with Crippen molar-refractivity contribution >= 4 is 28.9 Å². The average Bonchev–Trinajstić information content (AvgIpc) is 3.72. The molecular formula is C30H32F3N7O2. The molecular weight excluding hydrogens is 547 g/mol. The fourth-order valence-electron chi connectivity index (χ4n) is 6.02. The van der Waals surface area contributed by atoms with Gasteiger partial charge in [-0.2, -0.15) is 13.2 Å². The maximum Gasteiger partial charge on any atom is 0.433 e. The lowest BCUT2D eigenvalue weighted by atomic mass is 10.0. The summed E-state index contributed by atoms with van der Waals surface area (Å²) in [5.74, 6) is 0.464. The lowest BCUT2D eigenvalue weighted by Crippen LogP contribution is -2.53. The van der Waals surface area contributed by atoms with E-state index in [-0.39, 0.29) is 24.1 Å². The number of fused-ring (bicyclic) bond motifs is 1. The third kappa shape index (κ3) is 5.25. The van der Waals surface area contributed by atoms with E-state index in [1.165, 1.54) is 12.3 Å². The molecule has 1 aromatic carbocycles. The molecule has 1 atom stereocenters. The molecule has 0 radical (unpaired) electrons. The molecule has 0 bridgehead atoms. The molecule has 0 saturated carbocycles. The Morgan fingerprint density at radius 3 is 2.48 bits per heavy atom. The summed E-state index contributed by atoms with van der Waals surface area (Å²) in [6.07, 6.45) is 2.90. The quantitative estimate of drug-likeness (QED) is 0.463. The summed E-state index contributed by atoms with van der Waals surface area (Å²) in [5, 5.41) is 0. The van der Waals surface area contributed by atoms with Crippen molar-refractivity contribution in [2.75, 3.05) is 45.8 Å². The highest BCUT2D eigenvalue weighted by Gasteiger charge is 2.40. The Bertz CT molecular complexity index is 1600. The largest absolute Gasteiger partial charge is 0.433 e. The zero-order valence-electron chi connectivity index (χ0n) is 23.6. The molecule has 2 fully saturated rings. The summed E-state index contributed by atoms with van der Waals surface area (Å²) in [5.41, 5.74) is 2.84. The van der Waals surface area contributed by atoms with Gasteiger partial charge in [0.25, 0.3) is 5.91 Å². The van der Waals surface area contributed by atoms with Crippen LogP contribution in [-0.4, -0.2) is 98.7 Å².